The maximum Gasteiger partial charge on any atom is 0.119 e. The zero-order valence-corrected chi connectivity index (χ0v) is 9.44. The Morgan fingerprint density at radius 3 is 2.40 bits per heavy atom. The van der Waals surface area contributed by atoms with E-state index in [0.717, 1.165) is 18.8 Å². The van der Waals surface area contributed by atoms with Crippen molar-refractivity contribution in [1.29, 1.82) is 0 Å². The van der Waals surface area contributed by atoms with Gasteiger partial charge in [-0.2, -0.15) is 0 Å². The van der Waals surface area contributed by atoms with Crippen LogP contribution in [0.4, 0.5) is 0 Å². The minimum absolute atomic E-state index is 0.382. The van der Waals surface area contributed by atoms with Gasteiger partial charge in [0.1, 0.15) is 5.75 Å². The van der Waals surface area contributed by atoms with Crippen molar-refractivity contribution in [1.82, 2.24) is 0 Å². The fourth-order valence-corrected chi connectivity index (χ4v) is 1.67. The molecule has 0 heterocycles. The lowest BCUT2D eigenvalue weighted by atomic mass is 10.1. The molecule has 0 aliphatic heterocycles. The molecule has 0 amide bonds. The first-order valence-electron chi connectivity index (χ1n) is 5.65. The number of benzene rings is 1. The second kappa shape index (κ2) is 4.23. The molecule has 1 aromatic carbocycles. The van der Waals surface area contributed by atoms with E-state index in [-0.39, 0.29) is 0 Å². The Hall–Kier alpha value is -1.02. The van der Waals surface area contributed by atoms with Gasteiger partial charge in [-0.05, 0) is 30.0 Å². The summed E-state index contributed by atoms with van der Waals surface area (Å²) >= 11 is 0. The van der Waals surface area contributed by atoms with Gasteiger partial charge in [-0.15, -0.1) is 0 Å². The third kappa shape index (κ3) is 2.72. The van der Waals surface area contributed by atoms with E-state index in [2.05, 4.69) is 26.0 Å². The molecular weight excluding hydrogens is 186 g/mol. The summed E-state index contributed by atoms with van der Waals surface area (Å²) < 4.78 is 5.62. The molecule has 1 aliphatic rings. The summed E-state index contributed by atoms with van der Waals surface area (Å²) in [5.41, 5.74) is 7.15. The summed E-state index contributed by atoms with van der Waals surface area (Å²) in [4.78, 5) is 0. The predicted molar refractivity (Wildman–Crippen MR) is 62.1 cm³/mol. The Balaban J connectivity index is 1.92. The summed E-state index contributed by atoms with van der Waals surface area (Å²) in [5, 5.41) is 0. The van der Waals surface area contributed by atoms with Crippen LogP contribution in [0.1, 0.15) is 31.7 Å². The van der Waals surface area contributed by atoms with Crippen LogP contribution < -0.4 is 10.5 Å². The van der Waals surface area contributed by atoms with Crippen LogP contribution in [0.15, 0.2) is 24.3 Å². The molecule has 0 radical (unpaired) electrons. The van der Waals surface area contributed by atoms with E-state index in [0.29, 0.717) is 17.9 Å². The second-order valence-corrected chi connectivity index (χ2v) is 4.78. The number of rotatable bonds is 4. The molecule has 2 atom stereocenters. The first-order chi connectivity index (χ1) is 7.16. The summed E-state index contributed by atoms with van der Waals surface area (Å²) in [5.74, 6) is 2.12. The quantitative estimate of drug-likeness (QED) is 0.819. The summed E-state index contributed by atoms with van der Waals surface area (Å²) in [6.45, 7) is 5.08. The van der Waals surface area contributed by atoms with Gasteiger partial charge in [-0.1, -0.05) is 26.0 Å². The molecule has 2 unspecified atom stereocenters. The molecule has 1 aliphatic carbocycles. The molecule has 0 aromatic heterocycles. The molecule has 2 nitrogen and oxygen atoms in total. The van der Waals surface area contributed by atoms with Crippen molar-refractivity contribution in [2.45, 2.75) is 32.2 Å². The first kappa shape index (κ1) is 10.5. The third-order valence-electron chi connectivity index (χ3n) is 2.73. The van der Waals surface area contributed by atoms with Crippen LogP contribution in [-0.2, 0) is 0 Å². The lowest BCUT2D eigenvalue weighted by Gasteiger charge is -2.08. The van der Waals surface area contributed by atoms with Crippen molar-refractivity contribution in [3.05, 3.63) is 29.8 Å². The molecule has 0 spiro atoms. The Kier molecular flexibility index (Phi) is 2.96. The molecule has 2 heteroatoms. The molecule has 0 saturated heterocycles. The van der Waals surface area contributed by atoms with Crippen LogP contribution in [0, 0.1) is 5.92 Å². The Morgan fingerprint density at radius 2 is 1.93 bits per heavy atom. The zero-order chi connectivity index (χ0) is 10.8. The maximum absolute atomic E-state index is 5.80. The first-order valence-corrected chi connectivity index (χ1v) is 5.65. The van der Waals surface area contributed by atoms with Gasteiger partial charge >= 0.3 is 0 Å². The lowest BCUT2D eigenvalue weighted by molar-refractivity contribution is 0.271. The van der Waals surface area contributed by atoms with Crippen LogP contribution >= 0.6 is 0 Å². The molecule has 15 heavy (non-hydrogen) atoms. The van der Waals surface area contributed by atoms with Crippen LogP contribution in [0.25, 0.3) is 0 Å². The van der Waals surface area contributed by atoms with Gasteiger partial charge in [0.25, 0.3) is 0 Å². The van der Waals surface area contributed by atoms with E-state index in [1.165, 1.54) is 5.56 Å². The SMILES string of the molecule is CC(C)COc1ccc(C2CC2N)cc1. The topological polar surface area (TPSA) is 35.2 Å². The van der Waals surface area contributed by atoms with Gasteiger partial charge in [0.05, 0.1) is 6.61 Å². The van der Waals surface area contributed by atoms with Crippen molar-refractivity contribution in [2.24, 2.45) is 11.7 Å². The highest BCUT2D eigenvalue weighted by Crippen LogP contribution is 2.39. The average molecular weight is 205 g/mol. The van der Waals surface area contributed by atoms with Gasteiger partial charge in [-0.25, -0.2) is 0 Å². The second-order valence-electron chi connectivity index (χ2n) is 4.78. The predicted octanol–water partition coefficient (Wildman–Crippen LogP) is 2.54. The summed E-state index contributed by atoms with van der Waals surface area (Å²) in [6.07, 6.45) is 1.13. The molecular formula is C13H19NO. The minimum Gasteiger partial charge on any atom is -0.493 e. The van der Waals surface area contributed by atoms with E-state index in [1.54, 1.807) is 0 Å². The van der Waals surface area contributed by atoms with Gasteiger partial charge in [0, 0.05) is 12.0 Å². The van der Waals surface area contributed by atoms with Crippen molar-refractivity contribution in [2.75, 3.05) is 6.61 Å². The normalized spacial score (nSPS) is 24.3. The monoisotopic (exact) mass is 205 g/mol. The molecule has 2 N–H and O–H groups in total. The Labute approximate surface area is 91.4 Å². The van der Waals surface area contributed by atoms with E-state index < -0.39 is 0 Å². The van der Waals surface area contributed by atoms with Crippen molar-refractivity contribution >= 4 is 0 Å². The summed E-state index contributed by atoms with van der Waals surface area (Å²) in [7, 11) is 0. The van der Waals surface area contributed by atoms with Gasteiger partial charge in [-0.3, -0.25) is 0 Å². The Morgan fingerprint density at radius 1 is 1.33 bits per heavy atom. The summed E-state index contributed by atoms with van der Waals surface area (Å²) in [6, 6.07) is 8.73. The minimum atomic E-state index is 0.382. The van der Waals surface area contributed by atoms with E-state index in [9.17, 15) is 0 Å². The third-order valence-corrected chi connectivity index (χ3v) is 2.73. The smallest absolute Gasteiger partial charge is 0.119 e. The number of ether oxygens (including phenoxy) is 1. The van der Waals surface area contributed by atoms with Crippen molar-refractivity contribution in [3.8, 4) is 5.75 Å². The largest absolute Gasteiger partial charge is 0.493 e. The molecule has 1 fully saturated rings. The molecule has 1 saturated carbocycles. The number of hydrogen-bond donors (Lipinski definition) is 1. The van der Waals surface area contributed by atoms with E-state index >= 15 is 0 Å². The Bertz CT molecular complexity index is 318. The molecule has 0 bridgehead atoms. The highest BCUT2D eigenvalue weighted by atomic mass is 16.5. The standard InChI is InChI=1S/C13H19NO/c1-9(2)8-15-11-5-3-10(4-6-11)12-7-13(12)14/h3-6,9,12-13H,7-8,14H2,1-2H3. The highest BCUT2D eigenvalue weighted by molar-refractivity contribution is 5.33. The van der Waals surface area contributed by atoms with E-state index in [1.807, 2.05) is 12.1 Å². The number of nitrogens with two attached hydrogens (primary N) is 1. The fourth-order valence-electron chi connectivity index (χ4n) is 1.67. The lowest BCUT2D eigenvalue weighted by Crippen LogP contribution is -2.04. The van der Waals surface area contributed by atoms with Gasteiger partial charge in [0.15, 0.2) is 0 Å². The van der Waals surface area contributed by atoms with Crippen LogP contribution in [0.2, 0.25) is 0 Å². The maximum atomic E-state index is 5.80. The van der Waals surface area contributed by atoms with Crippen molar-refractivity contribution in [3.63, 3.8) is 0 Å². The van der Waals surface area contributed by atoms with Crippen molar-refractivity contribution < 1.29 is 4.74 Å². The molecule has 2 rings (SSSR count). The molecule has 82 valence electrons. The van der Waals surface area contributed by atoms with Gasteiger partial charge in [0.2, 0.25) is 0 Å². The van der Waals surface area contributed by atoms with Crippen LogP contribution in [0.3, 0.4) is 0 Å². The molecule has 1 aromatic rings. The highest BCUT2D eigenvalue weighted by Gasteiger charge is 2.34. The van der Waals surface area contributed by atoms with Crippen LogP contribution in [0.5, 0.6) is 5.75 Å². The zero-order valence-electron chi connectivity index (χ0n) is 9.44. The average Bonchev–Trinajstić information content (AvgIpc) is 2.93. The van der Waals surface area contributed by atoms with Gasteiger partial charge < -0.3 is 10.5 Å². The van der Waals surface area contributed by atoms with E-state index in [4.69, 9.17) is 10.5 Å². The van der Waals surface area contributed by atoms with Crippen LogP contribution in [-0.4, -0.2) is 12.6 Å². The fraction of sp³-hybridized carbons (Fsp3) is 0.538. The number of hydrogen-bond acceptors (Lipinski definition) is 2.